The Labute approximate surface area is 185 Å². The van der Waals surface area contributed by atoms with Gasteiger partial charge in [-0.2, -0.15) is 5.10 Å². The van der Waals surface area contributed by atoms with Crippen LogP contribution in [0.15, 0.2) is 54.7 Å². The van der Waals surface area contributed by atoms with Gasteiger partial charge in [-0.3, -0.25) is 15.0 Å². The second-order valence-corrected chi connectivity index (χ2v) is 9.07. The number of aliphatic hydroxyl groups is 1. The molecule has 164 valence electrons. The number of halogens is 1. The van der Waals surface area contributed by atoms with Crippen molar-refractivity contribution >= 4 is 21.8 Å². The molecule has 0 spiro atoms. The zero-order valence-electron chi connectivity index (χ0n) is 17.6. The van der Waals surface area contributed by atoms with Crippen LogP contribution in [-0.2, 0) is 6.54 Å². The van der Waals surface area contributed by atoms with Gasteiger partial charge in [0.1, 0.15) is 23.2 Å². The molecule has 2 fully saturated rings. The van der Waals surface area contributed by atoms with Crippen molar-refractivity contribution in [1.82, 2.24) is 20.1 Å². The Morgan fingerprint density at radius 3 is 2.75 bits per heavy atom. The Bertz CT molecular complexity index is 1280. The van der Waals surface area contributed by atoms with E-state index in [1.807, 2.05) is 18.2 Å². The third-order valence-electron chi connectivity index (χ3n) is 7.04. The number of aromatic amines is 1. The maximum Gasteiger partial charge on any atom is 0.146 e. The number of hydrogen-bond acceptors (Lipinski definition) is 5. The molecule has 0 amide bonds. The van der Waals surface area contributed by atoms with Crippen LogP contribution in [0.3, 0.4) is 0 Å². The number of nitrogens with one attached hydrogen (secondary N) is 1. The number of ether oxygens (including phenoxy) is 1. The third-order valence-corrected chi connectivity index (χ3v) is 7.04. The Morgan fingerprint density at radius 1 is 1.03 bits per heavy atom. The highest BCUT2D eigenvalue weighted by Crippen LogP contribution is 2.39. The van der Waals surface area contributed by atoms with Crippen molar-refractivity contribution in [3.63, 3.8) is 0 Å². The van der Waals surface area contributed by atoms with Gasteiger partial charge in [-0.05, 0) is 55.0 Å². The van der Waals surface area contributed by atoms with Crippen molar-refractivity contribution in [2.75, 3.05) is 13.1 Å². The van der Waals surface area contributed by atoms with E-state index in [1.165, 1.54) is 11.5 Å². The number of rotatable bonds is 4. The maximum atomic E-state index is 14.1. The highest BCUT2D eigenvalue weighted by atomic mass is 19.1. The minimum Gasteiger partial charge on any atom is -0.485 e. The van der Waals surface area contributed by atoms with Crippen molar-refractivity contribution in [2.45, 2.75) is 31.6 Å². The number of fused-ring (bicyclic) bond motifs is 3. The lowest BCUT2D eigenvalue weighted by Gasteiger charge is -2.35. The molecule has 32 heavy (non-hydrogen) atoms. The zero-order chi connectivity index (χ0) is 21.7. The standard InChI is InChI=1S/C25H25FN4O2/c26-19-7-8-23(25-17(19)5-3-9-27-25)32-24-11-16-13-30(12-15(16)10-22(24)31)14-21-18-4-1-2-6-20(18)28-29-21/h1-9,15-16,22,24,31H,10-14H2,(H,28,29)/t15-,16+,22+,24+/m0/s1. The second kappa shape index (κ2) is 7.83. The summed E-state index contributed by atoms with van der Waals surface area (Å²) in [6.45, 7) is 2.75. The molecule has 6 nitrogen and oxygen atoms in total. The third kappa shape index (κ3) is 3.42. The van der Waals surface area contributed by atoms with Crippen molar-refractivity contribution in [3.05, 3.63) is 66.2 Å². The number of benzene rings is 2. The molecule has 2 aromatic carbocycles. The molecular weight excluding hydrogens is 407 g/mol. The van der Waals surface area contributed by atoms with Crippen LogP contribution in [0, 0.1) is 17.7 Å². The number of pyridine rings is 1. The highest BCUT2D eigenvalue weighted by Gasteiger charge is 2.43. The number of hydrogen-bond donors (Lipinski definition) is 2. The topological polar surface area (TPSA) is 74.3 Å². The Balaban J connectivity index is 1.17. The highest BCUT2D eigenvalue weighted by molar-refractivity contribution is 5.84. The number of aliphatic hydroxyl groups excluding tert-OH is 1. The molecule has 1 aliphatic heterocycles. The van der Waals surface area contributed by atoms with Crippen LogP contribution in [0.25, 0.3) is 21.8 Å². The van der Waals surface area contributed by atoms with Crippen molar-refractivity contribution < 1.29 is 14.2 Å². The first-order valence-corrected chi connectivity index (χ1v) is 11.2. The summed E-state index contributed by atoms with van der Waals surface area (Å²) in [6, 6.07) is 14.6. The van der Waals surface area contributed by atoms with Crippen LogP contribution in [-0.4, -0.2) is 50.5 Å². The molecule has 1 saturated carbocycles. The average molecular weight is 432 g/mol. The first-order valence-electron chi connectivity index (χ1n) is 11.2. The second-order valence-electron chi connectivity index (χ2n) is 9.07. The Morgan fingerprint density at radius 2 is 1.84 bits per heavy atom. The fourth-order valence-corrected chi connectivity index (χ4v) is 5.47. The minimum absolute atomic E-state index is 0.317. The van der Waals surface area contributed by atoms with Gasteiger partial charge in [-0.15, -0.1) is 0 Å². The van der Waals surface area contributed by atoms with Crippen LogP contribution in [0.1, 0.15) is 18.5 Å². The predicted molar refractivity (Wildman–Crippen MR) is 120 cm³/mol. The van der Waals surface area contributed by atoms with Crippen molar-refractivity contribution in [1.29, 1.82) is 0 Å². The quantitative estimate of drug-likeness (QED) is 0.512. The summed E-state index contributed by atoms with van der Waals surface area (Å²) in [5.41, 5.74) is 2.63. The van der Waals surface area contributed by atoms with Crippen molar-refractivity contribution in [3.8, 4) is 5.75 Å². The van der Waals surface area contributed by atoms with E-state index in [4.69, 9.17) is 4.74 Å². The van der Waals surface area contributed by atoms with Gasteiger partial charge in [-0.1, -0.05) is 18.2 Å². The fourth-order valence-electron chi connectivity index (χ4n) is 5.47. The summed E-state index contributed by atoms with van der Waals surface area (Å²) >= 11 is 0. The smallest absolute Gasteiger partial charge is 0.146 e. The van der Waals surface area contributed by atoms with Gasteiger partial charge < -0.3 is 9.84 Å². The lowest BCUT2D eigenvalue weighted by Crippen LogP contribution is -2.42. The summed E-state index contributed by atoms with van der Waals surface area (Å²) in [4.78, 5) is 6.76. The lowest BCUT2D eigenvalue weighted by atomic mass is 9.78. The average Bonchev–Trinajstić information content (AvgIpc) is 3.39. The predicted octanol–water partition coefficient (Wildman–Crippen LogP) is 3.90. The molecule has 0 bridgehead atoms. The summed E-state index contributed by atoms with van der Waals surface area (Å²) in [5.74, 6) is 1.12. The number of H-pyrrole nitrogens is 1. The summed E-state index contributed by atoms with van der Waals surface area (Å²) < 4.78 is 20.4. The summed E-state index contributed by atoms with van der Waals surface area (Å²) in [5, 5.41) is 20.0. The van der Waals surface area contributed by atoms with Gasteiger partial charge >= 0.3 is 0 Å². The van der Waals surface area contributed by atoms with E-state index < -0.39 is 6.10 Å². The van der Waals surface area contributed by atoms with E-state index in [2.05, 4.69) is 26.1 Å². The van der Waals surface area contributed by atoms with Gasteiger partial charge in [-0.25, -0.2) is 4.39 Å². The van der Waals surface area contributed by atoms with Gasteiger partial charge in [0, 0.05) is 36.6 Å². The minimum atomic E-state index is -0.548. The molecule has 0 unspecified atom stereocenters. The first-order chi connectivity index (χ1) is 15.7. The molecule has 0 radical (unpaired) electrons. The largest absolute Gasteiger partial charge is 0.485 e. The van der Waals surface area contributed by atoms with E-state index in [0.29, 0.717) is 34.9 Å². The number of likely N-dealkylation sites (tertiary alicyclic amines) is 1. The molecule has 2 aromatic heterocycles. The van der Waals surface area contributed by atoms with Crippen molar-refractivity contribution in [2.24, 2.45) is 11.8 Å². The molecule has 2 aliphatic rings. The van der Waals surface area contributed by atoms with E-state index in [1.54, 1.807) is 24.4 Å². The van der Waals surface area contributed by atoms with E-state index in [-0.39, 0.29) is 11.9 Å². The molecule has 1 saturated heterocycles. The monoisotopic (exact) mass is 432 g/mol. The Kier molecular flexibility index (Phi) is 4.81. The van der Waals surface area contributed by atoms with Crippen LogP contribution in [0.4, 0.5) is 4.39 Å². The van der Waals surface area contributed by atoms with Gasteiger partial charge in [0.2, 0.25) is 0 Å². The molecule has 4 aromatic rings. The van der Waals surface area contributed by atoms with Gasteiger partial charge in [0.15, 0.2) is 0 Å². The molecular formula is C25H25FN4O2. The first kappa shape index (κ1) is 19.6. The number of nitrogens with zero attached hydrogens (tertiary/aromatic N) is 3. The van der Waals surface area contributed by atoms with Gasteiger partial charge in [0.25, 0.3) is 0 Å². The molecule has 7 heteroatoms. The van der Waals surface area contributed by atoms with E-state index >= 15 is 0 Å². The normalized spacial score (nSPS) is 25.9. The van der Waals surface area contributed by atoms with Crippen LogP contribution in [0.2, 0.25) is 0 Å². The lowest BCUT2D eigenvalue weighted by molar-refractivity contribution is -0.0225. The van der Waals surface area contributed by atoms with E-state index in [0.717, 1.165) is 37.3 Å². The van der Waals surface area contributed by atoms with Gasteiger partial charge in [0.05, 0.1) is 17.3 Å². The van der Waals surface area contributed by atoms with Crippen LogP contribution >= 0.6 is 0 Å². The van der Waals surface area contributed by atoms with E-state index in [9.17, 15) is 9.50 Å². The molecule has 1 aliphatic carbocycles. The summed E-state index contributed by atoms with van der Waals surface area (Å²) in [6.07, 6.45) is 2.25. The molecule has 2 N–H and O–H groups in total. The zero-order valence-corrected chi connectivity index (χ0v) is 17.6. The Hall–Kier alpha value is -3.03. The number of aromatic nitrogens is 3. The van der Waals surface area contributed by atoms with Crippen LogP contribution < -0.4 is 4.74 Å². The molecule has 4 atom stereocenters. The fraction of sp³-hybridized carbons (Fsp3) is 0.360. The maximum absolute atomic E-state index is 14.1. The van der Waals surface area contributed by atoms with Crippen LogP contribution in [0.5, 0.6) is 5.75 Å². The number of para-hydroxylation sites is 1. The molecule has 3 heterocycles. The SMILES string of the molecule is O[C@@H]1C[C@H]2CN(Cc3[nH]nc4ccccc34)C[C@H]2C[C@H]1Oc1ccc(F)c2cccnc12. The molecule has 6 rings (SSSR count). The summed E-state index contributed by atoms with van der Waals surface area (Å²) in [7, 11) is 0.